The number of benzene rings is 1. The minimum atomic E-state index is -3.92. The molecule has 1 aromatic carbocycles. The lowest BCUT2D eigenvalue weighted by Gasteiger charge is -2.34. The van der Waals surface area contributed by atoms with E-state index in [0.29, 0.717) is 18.4 Å². The van der Waals surface area contributed by atoms with E-state index in [-0.39, 0.29) is 23.5 Å². The Labute approximate surface area is 123 Å². The van der Waals surface area contributed by atoms with Crippen LogP contribution in [0.1, 0.15) is 18.4 Å². The third-order valence-electron chi connectivity index (χ3n) is 3.78. The lowest BCUT2D eigenvalue weighted by molar-refractivity contribution is -0.387. The predicted molar refractivity (Wildman–Crippen MR) is 76.4 cm³/mol. The zero-order valence-corrected chi connectivity index (χ0v) is 12.7. The van der Waals surface area contributed by atoms with Crippen molar-refractivity contribution in [1.29, 1.82) is 0 Å². The summed E-state index contributed by atoms with van der Waals surface area (Å²) in [7, 11) is -2.51. The van der Waals surface area contributed by atoms with E-state index in [4.69, 9.17) is 0 Å². The average molecular weight is 314 g/mol. The second-order valence-electron chi connectivity index (χ2n) is 5.46. The molecule has 1 N–H and O–H groups in total. The fourth-order valence-corrected chi connectivity index (χ4v) is 4.18. The Kier molecular flexibility index (Phi) is 4.31. The van der Waals surface area contributed by atoms with Crippen LogP contribution in [0.3, 0.4) is 0 Å². The number of nitro groups is 1. The van der Waals surface area contributed by atoms with Gasteiger partial charge in [0.1, 0.15) is 0 Å². The molecule has 0 heterocycles. The first kappa shape index (κ1) is 15.9. The van der Waals surface area contributed by atoms with Crippen molar-refractivity contribution in [1.82, 2.24) is 4.31 Å². The number of rotatable bonds is 5. The van der Waals surface area contributed by atoms with Gasteiger partial charge < -0.3 is 5.11 Å². The summed E-state index contributed by atoms with van der Waals surface area (Å²) in [5, 5.41) is 20.3. The van der Waals surface area contributed by atoms with Gasteiger partial charge in [0, 0.05) is 19.7 Å². The molecule has 0 atom stereocenters. The molecular formula is C13H18N2O5S. The monoisotopic (exact) mass is 314 g/mol. The molecular weight excluding hydrogens is 296 g/mol. The number of aliphatic hydroxyl groups is 1. The zero-order chi connectivity index (χ0) is 15.8. The Morgan fingerprint density at radius 1 is 1.43 bits per heavy atom. The summed E-state index contributed by atoms with van der Waals surface area (Å²) >= 11 is 0. The number of aryl methyl sites for hydroxylation is 1. The number of nitro benzene ring substituents is 1. The second-order valence-corrected chi connectivity index (χ2v) is 7.44. The molecule has 0 spiro atoms. The third-order valence-corrected chi connectivity index (χ3v) is 5.80. The molecule has 7 nitrogen and oxygen atoms in total. The number of nitrogens with zero attached hydrogens (tertiary/aromatic N) is 2. The van der Waals surface area contributed by atoms with Gasteiger partial charge in [-0.2, -0.15) is 0 Å². The smallest absolute Gasteiger partial charge is 0.289 e. The molecule has 0 bridgehead atoms. The van der Waals surface area contributed by atoms with Gasteiger partial charge in [0.15, 0.2) is 4.90 Å². The predicted octanol–water partition coefficient (Wildman–Crippen LogP) is 1.29. The van der Waals surface area contributed by atoms with Gasteiger partial charge in [0.25, 0.3) is 5.69 Å². The topological polar surface area (TPSA) is 101 Å². The fraction of sp³-hybridized carbons (Fsp3) is 0.538. The second kappa shape index (κ2) is 5.70. The summed E-state index contributed by atoms with van der Waals surface area (Å²) in [4.78, 5) is 10.1. The molecule has 8 heteroatoms. The Bertz CT molecular complexity index is 653. The maximum atomic E-state index is 12.6. The number of aliphatic hydroxyl groups excluding tert-OH is 1. The first-order chi connectivity index (χ1) is 9.73. The summed E-state index contributed by atoms with van der Waals surface area (Å²) in [6.07, 6.45) is 0.768. The summed E-state index contributed by atoms with van der Waals surface area (Å²) in [6, 6.07) is 4.20. The Hall–Kier alpha value is -1.51. The van der Waals surface area contributed by atoms with Crippen LogP contribution in [-0.2, 0) is 10.0 Å². The molecule has 1 aliphatic rings. The first-order valence-electron chi connectivity index (χ1n) is 6.62. The van der Waals surface area contributed by atoms with Gasteiger partial charge in [-0.15, -0.1) is 0 Å². The van der Waals surface area contributed by atoms with Gasteiger partial charge in [-0.25, -0.2) is 12.7 Å². The largest absolute Gasteiger partial charge is 0.393 e. The minimum Gasteiger partial charge on any atom is -0.393 e. The molecule has 0 aliphatic heterocycles. The highest BCUT2D eigenvalue weighted by molar-refractivity contribution is 7.89. The normalized spacial score (nSPS) is 22.1. The van der Waals surface area contributed by atoms with Crippen molar-refractivity contribution in [3.63, 3.8) is 0 Å². The van der Waals surface area contributed by atoms with Gasteiger partial charge in [-0.3, -0.25) is 10.1 Å². The van der Waals surface area contributed by atoms with Crippen LogP contribution >= 0.6 is 0 Å². The number of sulfonamides is 1. The first-order valence-corrected chi connectivity index (χ1v) is 8.06. The van der Waals surface area contributed by atoms with Crippen molar-refractivity contribution in [2.75, 3.05) is 13.6 Å². The van der Waals surface area contributed by atoms with Crippen LogP contribution in [-0.4, -0.2) is 42.4 Å². The Morgan fingerprint density at radius 3 is 2.57 bits per heavy atom. The van der Waals surface area contributed by atoms with Gasteiger partial charge in [-0.1, -0.05) is 12.1 Å². The molecule has 116 valence electrons. The number of hydrogen-bond donors (Lipinski definition) is 1. The average Bonchev–Trinajstić information content (AvgIpc) is 2.35. The standard InChI is InChI=1S/C13H18N2O5S/c1-9-4-3-5-12(15(17)18)13(9)21(19,20)14(2)8-10-6-11(16)7-10/h3-5,10-11,16H,6-8H2,1-2H3. The zero-order valence-electron chi connectivity index (χ0n) is 11.9. The van der Waals surface area contributed by atoms with Crippen LogP contribution in [0.5, 0.6) is 0 Å². The lowest BCUT2D eigenvalue weighted by Crippen LogP contribution is -2.39. The maximum absolute atomic E-state index is 12.6. The molecule has 2 rings (SSSR count). The molecule has 1 aliphatic carbocycles. The van der Waals surface area contributed by atoms with Crippen LogP contribution in [0.2, 0.25) is 0 Å². The molecule has 1 fully saturated rings. The summed E-state index contributed by atoms with van der Waals surface area (Å²) in [5.41, 5.74) is -0.0554. The third kappa shape index (κ3) is 3.07. The summed E-state index contributed by atoms with van der Waals surface area (Å²) < 4.78 is 26.3. The molecule has 1 aromatic rings. The van der Waals surface area contributed by atoms with Gasteiger partial charge >= 0.3 is 0 Å². The molecule has 0 unspecified atom stereocenters. The summed E-state index contributed by atoms with van der Waals surface area (Å²) in [6.45, 7) is 1.80. The van der Waals surface area contributed by atoms with E-state index in [0.717, 1.165) is 4.31 Å². The molecule has 0 amide bonds. The molecule has 0 saturated heterocycles. The SMILES string of the molecule is Cc1cccc([N+](=O)[O-])c1S(=O)(=O)N(C)CC1CC(O)C1. The molecule has 1 saturated carbocycles. The molecule has 0 radical (unpaired) electrons. The van der Waals surface area contributed by atoms with Crippen LogP contribution in [0.25, 0.3) is 0 Å². The van der Waals surface area contributed by atoms with Gasteiger partial charge in [-0.05, 0) is 31.2 Å². The van der Waals surface area contributed by atoms with E-state index in [1.165, 1.54) is 19.2 Å². The fourth-order valence-electron chi connectivity index (χ4n) is 2.58. The van der Waals surface area contributed by atoms with E-state index < -0.39 is 20.6 Å². The molecule has 21 heavy (non-hydrogen) atoms. The van der Waals surface area contributed by atoms with E-state index in [1.807, 2.05) is 0 Å². The van der Waals surface area contributed by atoms with Crippen LogP contribution in [0, 0.1) is 23.0 Å². The number of hydrogen-bond acceptors (Lipinski definition) is 5. The van der Waals surface area contributed by atoms with Crippen molar-refractivity contribution in [2.24, 2.45) is 5.92 Å². The van der Waals surface area contributed by atoms with E-state index >= 15 is 0 Å². The highest BCUT2D eigenvalue weighted by Crippen LogP contribution is 2.32. The van der Waals surface area contributed by atoms with Crippen molar-refractivity contribution in [3.8, 4) is 0 Å². The van der Waals surface area contributed by atoms with E-state index in [2.05, 4.69) is 0 Å². The van der Waals surface area contributed by atoms with Crippen molar-refractivity contribution in [3.05, 3.63) is 33.9 Å². The van der Waals surface area contributed by atoms with Gasteiger partial charge in [0.2, 0.25) is 10.0 Å². The highest BCUT2D eigenvalue weighted by atomic mass is 32.2. The quantitative estimate of drug-likeness (QED) is 0.652. The minimum absolute atomic E-state index is 0.0999. The maximum Gasteiger partial charge on any atom is 0.289 e. The van der Waals surface area contributed by atoms with Crippen LogP contribution in [0.4, 0.5) is 5.69 Å². The van der Waals surface area contributed by atoms with Crippen molar-refractivity contribution >= 4 is 15.7 Å². The van der Waals surface area contributed by atoms with Crippen molar-refractivity contribution < 1.29 is 18.4 Å². The van der Waals surface area contributed by atoms with Crippen LogP contribution in [0.15, 0.2) is 23.1 Å². The van der Waals surface area contributed by atoms with Crippen LogP contribution < -0.4 is 0 Å². The Morgan fingerprint density at radius 2 is 2.05 bits per heavy atom. The highest BCUT2D eigenvalue weighted by Gasteiger charge is 2.35. The summed E-state index contributed by atoms with van der Waals surface area (Å²) in [5.74, 6) is 0.0999. The molecule has 0 aromatic heterocycles. The van der Waals surface area contributed by atoms with E-state index in [9.17, 15) is 23.6 Å². The van der Waals surface area contributed by atoms with Gasteiger partial charge in [0.05, 0.1) is 11.0 Å². The Balaban J connectivity index is 2.33. The van der Waals surface area contributed by atoms with Crippen molar-refractivity contribution in [2.45, 2.75) is 30.8 Å². The van der Waals surface area contributed by atoms with E-state index in [1.54, 1.807) is 13.0 Å². The lowest BCUT2D eigenvalue weighted by atomic mass is 9.82.